The van der Waals surface area contributed by atoms with Crippen LogP contribution in [-0.4, -0.2) is 38.5 Å². The Bertz CT molecular complexity index is 382. The lowest BCUT2D eigenvalue weighted by atomic mass is 9.86. The fourth-order valence-corrected chi connectivity index (χ4v) is 2.94. The fraction of sp³-hybridized carbons (Fsp3) is 0.846. The first-order chi connectivity index (χ1) is 8.63. The Hall–Kier alpha value is -0.940. The first-order valence-corrected chi connectivity index (χ1v) is 7.02. The van der Waals surface area contributed by atoms with Crippen LogP contribution < -0.4 is 5.73 Å². The van der Waals surface area contributed by atoms with Crippen molar-refractivity contribution in [3.05, 3.63) is 11.9 Å². The number of aromatic nitrogens is 3. The van der Waals surface area contributed by atoms with Crippen LogP contribution in [0.5, 0.6) is 0 Å². The summed E-state index contributed by atoms with van der Waals surface area (Å²) in [6.45, 7) is 9.71. The van der Waals surface area contributed by atoms with E-state index in [1.165, 1.54) is 12.8 Å². The van der Waals surface area contributed by atoms with Crippen molar-refractivity contribution in [3.63, 3.8) is 0 Å². The van der Waals surface area contributed by atoms with E-state index >= 15 is 0 Å². The summed E-state index contributed by atoms with van der Waals surface area (Å²) in [6.07, 6.45) is 5.43. The Balaban J connectivity index is 2.26. The predicted octanol–water partition coefficient (Wildman–Crippen LogP) is 1.56. The van der Waals surface area contributed by atoms with Crippen molar-refractivity contribution in [3.8, 4) is 0 Å². The van der Waals surface area contributed by atoms with E-state index in [2.05, 4.69) is 36.0 Å². The second kappa shape index (κ2) is 5.36. The van der Waals surface area contributed by atoms with E-state index in [1.54, 1.807) is 0 Å². The van der Waals surface area contributed by atoms with Crippen molar-refractivity contribution in [1.82, 2.24) is 19.9 Å². The highest BCUT2D eigenvalue weighted by Gasteiger charge is 2.39. The molecule has 2 unspecified atom stereocenters. The molecule has 18 heavy (non-hydrogen) atoms. The van der Waals surface area contributed by atoms with Gasteiger partial charge in [0, 0.05) is 12.1 Å². The molecule has 2 rings (SSSR count). The fourth-order valence-electron chi connectivity index (χ4n) is 2.94. The molecule has 102 valence electrons. The van der Waals surface area contributed by atoms with Crippen molar-refractivity contribution < 1.29 is 0 Å². The highest BCUT2D eigenvalue weighted by atomic mass is 15.4. The molecule has 5 nitrogen and oxygen atoms in total. The van der Waals surface area contributed by atoms with Gasteiger partial charge in [0.05, 0.1) is 17.9 Å². The summed E-state index contributed by atoms with van der Waals surface area (Å²) in [4.78, 5) is 2.53. The minimum absolute atomic E-state index is 0.00509. The van der Waals surface area contributed by atoms with Crippen LogP contribution in [0, 0.1) is 0 Å². The standard InChI is InChI=1S/C13H25N5/c1-4-13(3,17-8-6-7-9-17)12(14)11-10-15-16-18(11)5-2/h10,12H,4-9,14H2,1-3H3. The second-order valence-electron chi connectivity index (χ2n) is 5.36. The Morgan fingerprint density at radius 2 is 2.06 bits per heavy atom. The van der Waals surface area contributed by atoms with Gasteiger partial charge in [-0.3, -0.25) is 4.90 Å². The molecule has 5 heteroatoms. The van der Waals surface area contributed by atoms with E-state index < -0.39 is 0 Å². The number of nitrogens with two attached hydrogens (primary N) is 1. The summed E-state index contributed by atoms with van der Waals surface area (Å²) in [6, 6.07) is -0.0319. The van der Waals surface area contributed by atoms with Crippen molar-refractivity contribution in [2.45, 2.75) is 58.2 Å². The first kappa shape index (κ1) is 13.5. The van der Waals surface area contributed by atoms with Gasteiger partial charge in [0.2, 0.25) is 0 Å². The highest BCUT2D eigenvalue weighted by Crippen LogP contribution is 2.34. The van der Waals surface area contributed by atoms with Gasteiger partial charge in [-0.25, -0.2) is 4.68 Å². The Kier molecular flexibility index (Phi) is 4.02. The number of rotatable bonds is 5. The molecule has 0 radical (unpaired) electrons. The third-order valence-electron chi connectivity index (χ3n) is 4.48. The molecule has 1 aliphatic heterocycles. The monoisotopic (exact) mass is 251 g/mol. The minimum atomic E-state index is -0.0319. The lowest BCUT2D eigenvalue weighted by Gasteiger charge is -2.42. The number of aryl methyl sites for hydroxylation is 1. The molecule has 0 amide bonds. The van der Waals surface area contributed by atoms with Crippen LogP contribution in [0.1, 0.15) is 51.8 Å². The van der Waals surface area contributed by atoms with Gasteiger partial charge in [-0.05, 0) is 46.2 Å². The van der Waals surface area contributed by atoms with Gasteiger partial charge in [-0.15, -0.1) is 5.10 Å². The maximum absolute atomic E-state index is 6.54. The summed E-state index contributed by atoms with van der Waals surface area (Å²) in [5, 5.41) is 8.10. The molecule has 0 spiro atoms. The zero-order chi connectivity index (χ0) is 13.2. The molecule has 2 atom stereocenters. The lowest BCUT2D eigenvalue weighted by molar-refractivity contribution is 0.0966. The van der Waals surface area contributed by atoms with Gasteiger partial charge < -0.3 is 5.73 Å². The Labute approximate surface area is 109 Å². The maximum Gasteiger partial charge on any atom is 0.0773 e. The van der Waals surface area contributed by atoms with Crippen LogP contribution in [0.15, 0.2) is 6.20 Å². The number of nitrogens with zero attached hydrogens (tertiary/aromatic N) is 4. The highest BCUT2D eigenvalue weighted by molar-refractivity contribution is 5.11. The number of hydrogen-bond acceptors (Lipinski definition) is 4. The SMILES string of the molecule is CCn1nncc1C(N)C(C)(CC)N1CCCC1. The van der Waals surface area contributed by atoms with Crippen LogP contribution in [0.4, 0.5) is 0 Å². The van der Waals surface area contributed by atoms with Crippen LogP contribution in [0.2, 0.25) is 0 Å². The molecule has 2 heterocycles. The maximum atomic E-state index is 6.54. The average molecular weight is 251 g/mol. The molecular formula is C13H25N5. The van der Waals surface area contributed by atoms with Gasteiger partial charge in [-0.2, -0.15) is 0 Å². The van der Waals surface area contributed by atoms with Crippen LogP contribution in [0.25, 0.3) is 0 Å². The van der Waals surface area contributed by atoms with Crippen molar-refractivity contribution in [1.29, 1.82) is 0 Å². The zero-order valence-electron chi connectivity index (χ0n) is 11.8. The summed E-state index contributed by atoms with van der Waals surface area (Å²) < 4.78 is 1.91. The molecule has 1 saturated heterocycles. The minimum Gasteiger partial charge on any atom is -0.321 e. The zero-order valence-corrected chi connectivity index (χ0v) is 11.8. The number of likely N-dealkylation sites (tertiary alicyclic amines) is 1. The summed E-state index contributed by atoms with van der Waals surface area (Å²) in [5.74, 6) is 0. The third kappa shape index (κ3) is 2.17. The average Bonchev–Trinajstić information content (AvgIpc) is 3.06. The van der Waals surface area contributed by atoms with Gasteiger partial charge in [-0.1, -0.05) is 12.1 Å². The molecule has 0 aliphatic carbocycles. The normalized spacial score (nSPS) is 22.0. The summed E-state index contributed by atoms with van der Waals surface area (Å²) in [7, 11) is 0. The summed E-state index contributed by atoms with van der Waals surface area (Å²) >= 11 is 0. The van der Waals surface area contributed by atoms with Crippen LogP contribution in [0.3, 0.4) is 0 Å². The van der Waals surface area contributed by atoms with E-state index in [-0.39, 0.29) is 11.6 Å². The van der Waals surface area contributed by atoms with Gasteiger partial charge in [0.25, 0.3) is 0 Å². The predicted molar refractivity (Wildman–Crippen MR) is 72.1 cm³/mol. The van der Waals surface area contributed by atoms with E-state index in [1.807, 2.05) is 10.9 Å². The Morgan fingerprint density at radius 1 is 1.39 bits per heavy atom. The summed E-state index contributed by atoms with van der Waals surface area (Å²) in [5.41, 5.74) is 7.60. The van der Waals surface area contributed by atoms with E-state index in [4.69, 9.17) is 5.73 Å². The first-order valence-electron chi connectivity index (χ1n) is 7.02. The smallest absolute Gasteiger partial charge is 0.0773 e. The van der Waals surface area contributed by atoms with Crippen molar-refractivity contribution in [2.24, 2.45) is 5.73 Å². The molecule has 1 fully saturated rings. The largest absolute Gasteiger partial charge is 0.321 e. The molecule has 1 aliphatic rings. The van der Waals surface area contributed by atoms with Crippen LogP contribution >= 0.6 is 0 Å². The third-order valence-corrected chi connectivity index (χ3v) is 4.48. The van der Waals surface area contributed by atoms with Crippen LogP contribution in [-0.2, 0) is 6.54 Å². The van der Waals surface area contributed by atoms with Crippen molar-refractivity contribution in [2.75, 3.05) is 13.1 Å². The van der Waals surface area contributed by atoms with Gasteiger partial charge >= 0.3 is 0 Å². The van der Waals surface area contributed by atoms with Crippen molar-refractivity contribution >= 4 is 0 Å². The molecular weight excluding hydrogens is 226 g/mol. The van der Waals surface area contributed by atoms with E-state index in [9.17, 15) is 0 Å². The van der Waals surface area contributed by atoms with Gasteiger partial charge in [0.15, 0.2) is 0 Å². The molecule has 0 aromatic carbocycles. The molecule has 2 N–H and O–H groups in total. The molecule has 1 aromatic rings. The Morgan fingerprint density at radius 3 is 2.61 bits per heavy atom. The van der Waals surface area contributed by atoms with Gasteiger partial charge in [0.1, 0.15) is 0 Å². The molecule has 0 bridgehead atoms. The lowest BCUT2D eigenvalue weighted by Crippen LogP contribution is -2.52. The number of hydrogen-bond donors (Lipinski definition) is 1. The quantitative estimate of drug-likeness (QED) is 0.863. The molecule has 0 saturated carbocycles. The topological polar surface area (TPSA) is 60.0 Å². The van der Waals surface area contributed by atoms with E-state index in [0.717, 1.165) is 31.7 Å². The second-order valence-corrected chi connectivity index (χ2v) is 5.36. The molecule has 1 aromatic heterocycles. The van der Waals surface area contributed by atoms with E-state index in [0.29, 0.717) is 0 Å².